The first-order valence-corrected chi connectivity index (χ1v) is 15.8. The van der Waals surface area contributed by atoms with Gasteiger partial charge in [0.25, 0.3) is 0 Å². The maximum atomic E-state index is 12.2. The molecule has 0 radical (unpaired) electrons. The number of carbonyl (C=O) groups is 6. The molecule has 0 aliphatic heterocycles. The Hall–Kier alpha value is -3.85. The second-order valence-electron chi connectivity index (χ2n) is 14.2. The molecule has 0 rings (SSSR count). The summed E-state index contributed by atoms with van der Waals surface area (Å²) in [6.07, 6.45) is -1.88. The van der Waals surface area contributed by atoms with Crippen LogP contribution in [-0.4, -0.2) is 113 Å². The summed E-state index contributed by atoms with van der Waals surface area (Å²) in [6, 6.07) is 0. The highest BCUT2D eigenvalue weighted by Gasteiger charge is 2.26. The van der Waals surface area contributed by atoms with Gasteiger partial charge in [-0.05, 0) is 95.9 Å². The van der Waals surface area contributed by atoms with Crippen LogP contribution >= 0.6 is 12.4 Å². The van der Waals surface area contributed by atoms with Gasteiger partial charge < -0.3 is 39.8 Å². The lowest BCUT2D eigenvalue weighted by atomic mass is 10.2. The maximum Gasteiger partial charge on any atom is 0.429 e. The fourth-order valence-corrected chi connectivity index (χ4v) is 2.63. The van der Waals surface area contributed by atoms with Crippen molar-refractivity contribution >= 4 is 48.6 Å². The highest BCUT2D eigenvalue weighted by atomic mass is 35.5. The van der Waals surface area contributed by atoms with Gasteiger partial charge in [-0.1, -0.05) is 0 Å². The number of hydrogen-bond acceptors (Lipinski definition) is 14. The van der Waals surface area contributed by atoms with Gasteiger partial charge in [0.2, 0.25) is 11.8 Å². The van der Waals surface area contributed by atoms with Crippen LogP contribution in [0.1, 0.15) is 95.9 Å². The number of carbonyl (C=O) groups excluding carboxylic acids is 6. The number of nitrogens with one attached hydrogen (secondary N) is 6. The fourth-order valence-electron chi connectivity index (χ4n) is 2.63. The Morgan fingerprint density at radius 3 is 1.25 bits per heavy atom. The van der Waals surface area contributed by atoms with E-state index >= 15 is 0 Å². The normalized spacial score (nSPS) is 10.9. The summed E-state index contributed by atoms with van der Waals surface area (Å²) >= 11 is 0. The molecule has 0 aliphatic rings. The quantitative estimate of drug-likeness (QED) is 0.0660. The number of amides is 6. The molecule has 0 aromatic heterocycles. The van der Waals surface area contributed by atoms with E-state index in [-0.39, 0.29) is 31.4 Å². The lowest BCUT2D eigenvalue weighted by Gasteiger charge is -2.28. The highest BCUT2D eigenvalue weighted by molar-refractivity contribution is 5.85. The molecule has 0 aromatic rings. The zero-order valence-corrected chi connectivity index (χ0v) is 32.9. The van der Waals surface area contributed by atoms with Crippen molar-refractivity contribution in [3.05, 3.63) is 0 Å². The molecular formula is C30H63ClN8O12. The Bertz CT molecular complexity index is 1010. The molecule has 302 valence electrons. The molecule has 0 saturated carbocycles. The number of aliphatic hydroxyl groups excluding tert-OH is 2. The van der Waals surface area contributed by atoms with Gasteiger partial charge in [0, 0.05) is 26.2 Å². The van der Waals surface area contributed by atoms with Crippen molar-refractivity contribution in [3.8, 4) is 0 Å². The first kappa shape index (κ1) is 53.9. The summed E-state index contributed by atoms with van der Waals surface area (Å²) in [4.78, 5) is 67.6. The molecule has 0 aliphatic carbocycles. The monoisotopic (exact) mass is 762 g/mol. The molecule has 6 amide bonds. The van der Waals surface area contributed by atoms with E-state index < -0.39 is 65.9 Å². The number of rotatable bonds is 10. The number of halogens is 1. The summed E-state index contributed by atoms with van der Waals surface area (Å²) in [7, 11) is 0. The van der Waals surface area contributed by atoms with Crippen molar-refractivity contribution in [2.24, 2.45) is 5.84 Å². The van der Waals surface area contributed by atoms with Crippen LogP contribution in [-0.2, 0) is 28.5 Å². The molecule has 0 heterocycles. The third kappa shape index (κ3) is 42.2. The standard InChI is InChI=1S/C15H29N3O6.C10H20N2O4.C5H13N3O2.ClH/c1-14(2,3)23-12(21)17-18(13(22)24-15(4,5)6)9-7-8-16-11(20)10-19;1-9(2,3)15-7(13)11-12-8(14)16-10(4,5)6;6-8-3-1-2-7-5(10)4-9;/h19H,7-10H2,1-6H3,(H,16,20)(H,17,21);1-6H3,(H,11,13)(H,12,14);8-9H,1-4,6H2,(H,7,10);1H. The predicted octanol–water partition coefficient (Wildman–Crippen LogP) is 1.48. The van der Waals surface area contributed by atoms with E-state index in [1.807, 2.05) is 0 Å². The van der Waals surface area contributed by atoms with Crippen LogP contribution in [0.2, 0.25) is 0 Å². The van der Waals surface area contributed by atoms with Crippen molar-refractivity contribution in [2.75, 3.05) is 39.4 Å². The molecule has 0 bridgehead atoms. The molecular weight excluding hydrogens is 700 g/mol. The number of hydrazine groups is 3. The maximum absolute atomic E-state index is 12.2. The van der Waals surface area contributed by atoms with E-state index in [2.05, 4.69) is 32.3 Å². The Labute approximate surface area is 307 Å². The van der Waals surface area contributed by atoms with Crippen LogP contribution < -0.4 is 38.2 Å². The molecule has 0 saturated heterocycles. The topological polar surface area (TPSA) is 281 Å². The van der Waals surface area contributed by atoms with Crippen molar-refractivity contribution in [2.45, 2.75) is 118 Å². The van der Waals surface area contributed by atoms with E-state index in [9.17, 15) is 28.8 Å². The lowest BCUT2D eigenvalue weighted by Crippen LogP contribution is -2.50. The number of aliphatic hydroxyl groups is 2. The Kier molecular flexibility index (Phi) is 28.4. The zero-order chi connectivity index (χ0) is 39.8. The largest absolute Gasteiger partial charge is 0.443 e. The molecule has 0 aromatic carbocycles. The summed E-state index contributed by atoms with van der Waals surface area (Å²) < 4.78 is 20.1. The fraction of sp³-hybridized carbons (Fsp3) is 0.800. The van der Waals surface area contributed by atoms with Crippen molar-refractivity contribution in [1.82, 2.24) is 37.3 Å². The van der Waals surface area contributed by atoms with Gasteiger partial charge in [-0.25, -0.2) is 40.5 Å². The average molecular weight is 763 g/mol. The van der Waals surface area contributed by atoms with E-state index in [0.717, 1.165) is 11.4 Å². The van der Waals surface area contributed by atoms with Crippen LogP contribution in [0.25, 0.3) is 0 Å². The van der Waals surface area contributed by atoms with E-state index in [1.165, 1.54) is 0 Å². The molecule has 51 heavy (non-hydrogen) atoms. The molecule has 0 spiro atoms. The third-order valence-corrected chi connectivity index (χ3v) is 4.29. The Morgan fingerprint density at radius 2 is 0.922 bits per heavy atom. The second-order valence-corrected chi connectivity index (χ2v) is 14.2. The third-order valence-electron chi connectivity index (χ3n) is 4.29. The molecule has 0 unspecified atom stereocenters. The van der Waals surface area contributed by atoms with E-state index in [4.69, 9.17) is 35.0 Å². The van der Waals surface area contributed by atoms with Crippen molar-refractivity contribution in [3.63, 3.8) is 0 Å². The summed E-state index contributed by atoms with van der Waals surface area (Å²) in [5.41, 5.74) is 6.27. The van der Waals surface area contributed by atoms with Crippen molar-refractivity contribution in [1.29, 1.82) is 0 Å². The van der Waals surface area contributed by atoms with Gasteiger partial charge in [0.15, 0.2) is 0 Å². The van der Waals surface area contributed by atoms with Gasteiger partial charge in [0.1, 0.15) is 35.6 Å². The molecule has 0 fully saturated rings. The predicted molar refractivity (Wildman–Crippen MR) is 190 cm³/mol. The lowest BCUT2D eigenvalue weighted by molar-refractivity contribution is -0.124. The van der Waals surface area contributed by atoms with Crippen LogP contribution in [0, 0.1) is 0 Å². The minimum Gasteiger partial charge on any atom is -0.443 e. The van der Waals surface area contributed by atoms with Crippen LogP contribution in [0.3, 0.4) is 0 Å². The summed E-state index contributed by atoms with van der Waals surface area (Å²) in [6.45, 7) is 21.0. The number of nitrogens with zero attached hydrogens (tertiary/aromatic N) is 1. The number of nitrogens with two attached hydrogens (primary N) is 1. The first-order valence-electron chi connectivity index (χ1n) is 15.8. The molecule has 21 heteroatoms. The highest BCUT2D eigenvalue weighted by Crippen LogP contribution is 2.11. The van der Waals surface area contributed by atoms with Crippen LogP contribution in [0.15, 0.2) is 0 Å². The first-order chi connectivity index (χ1) is 22.6. The summed E-state index contributed by atoms with van der Waals surface area (Å²) in [5.74, 6) is 4.10. The zero-order valence-electron chi connectivity index (χ0n) is 32.1. The minimum absolute atomic E-state index is 0. The molecule has 10 N–H and O–H groups in total. The SMILES string of the molecule is CC(C)(C)OC(=O)NN(CCCNC(=O)CO)C(=O)OC(C)(C)C.CC(C)(C)OC(=O)NNC(=O)OC(C)(C)C.Cl.NNCCCNC(=O)CO. The van der Waals surface area contributed by atoms with E-state index in [0.29, 0.717) is 19.5 Å². The average Bonchev–Trinajstić information content (AvgIpc) is 2.92. The van der Waals surface area contributed by atoms with Gasteiger partial charge in [-0.3, -0.25) is 20.9 Å². The smallest absolute Gasteiger partial charge is 0.429 e. The number of hydrogen-bond donors (Lipinski definition) is 9. The number of ether oxygens (including phenoxy) is 4. The van der Waals surface area contributed by atoms with E-state index in [1.54, 1.807) is 83.1 Å². The molecule has 0 atom stereocenters. The van der Waals surface area contributed by atoms with Crippen LogP contribution in [0.5, 0.6) is 0 Å². The molecule has 20 nitrogen and oxygen atoms in total. The Balaban J connectivity index is -0.000000352. The van der Waals surface area contributed by atoms with Gasteiger partial charge in [-0.15, -0.1) is 12.4 Å². The van der Waals surface area contributed by atoms with Gasteiger partial charge in [-0.2, -0.15) is 0 Å². The van der Waals surface area contributed by atoms with Gasteiger partial charge in [0.05, 0.1) is 0 Å². The second kappa shape index (κ2) is 26.9. The van der Waals surface area contributed by atoms with Crippen LogP contribution in [0.4, 0.5) is 19.2 Å². The van der Waals surface area contributed by atoms with Gasteiger partial charge >= 0.3 is 24.4 Å². The van der Waals surface area contributed by atoms with Crippen molar-refractivity contribution < 1.29 is 57.9 Å². The minimum atomic E-state index is -0.784. The Morgan fingerprint density at radius 1 is 0.569 bits per heavy atom. The summed E-state index contributed by atoms with van der Waals surface area (Å²) in [5, 5.41) is 22.8.